The van der Waals surface area contributed by atoms with E-state index in [4.69, 9.17) is 4.74 Å². The van der Waals surface area contributed by atoms with Gasteiger partial charge in [0.05, 0.1) is 7.11 Å². The van der Waals surface area contributed by atoms with Gasteiger partial charge in [-0.25, -0.2) is 4.98 Å². The molecule has 1 aliphatic rings. The maximum atomic E-state index is 12.7. The Bertz CT molecular complexity index is 1020. The lowest BCUT2D eigenvalue weighted by Gasteiger charge is -2.10. The first kappa shape index (κ1) is 17.5. The van der Waals surface area contributed by atoms with Crippen LogP contribution in [0, 0.1) is 0 Å². The first-order chi connectivity index (χ1) is 13.2. The predicted octanol–water partition coefficient (Wildman–Crippen LogP) is 1.69. The molecular formula is C18H19N5O3S. The highest BCUT2D eigenvalue weighted by Gasteiger charge is 2.20. The standard InChI is InChI=1S/C18H19N5O3S/c1-26-13-6-4-12(5-7-13)10-19-15(24)14-11-20-17-23(16(14)25)21-18(27-17)22-8-2-3-9-22/h4-7,11H,2-3,8-10H2,1H3,(H,19,24). The summed E-state index contributed by atoms with van der Waals surface area (Å²) in [5.41, 5.74) is 0.441. The van der Waals surface area contributed by atoms with Crippen molar-refractivity contribution in [3.05, 3.63) is 51.9 Å². The van der Waals surface area contributed by atoms with Crippen LogP contribution in [0.15, 0.2) is 35.3 Å². The molecule has 3 aromatic rings. The van der Waals surface area contributed by atoms with Crippen molar-refractivity contribution in [2.24, 2.45) is 0 Å². The molecule has 1 fully saturated rings. The summed E-state index contributed by atoms with van der Waals surface area (Å²) in [6.07, 6.45) is 3.57. The van der Waals surface area contributed by atoms with Crippen molar-refractivity contribution >= 4 is 27.3 Å². The minimum atomic E-state index is -0.464. The summed E-state index contributed by atoms with van der Waals surface area (Å²) in [5.74, 6) is 0.281. The molecule has 4 rings (SSSR count). The molecule has 0 saturated carbocycles. The maximum absolute atomic E-state index is 12.7. The van der Waals surface area contributed by atoms with Crippen LogP contribution in [0.3, 0.4) is 0 Å². The Balaban J connectivity index is 1.52. The van der Waals surface area contributed by atoms with Gasteiger partial charge < -0.3 is 15.0 Å². The van der Waals surface area contributed by atoms with Crippen LogP contribution in [0.4, 0.5) is 5.13 Å². The minimum absolute atomic E-state index is 0.0146. The molecule has 0 radical (unpaired) electrons. The topological polar surface area (TPSA) is 88.8 Å². The van der Waals surface area contributed by atoms with Gasteiger partial charge in [0.1, 0.15) is 11.3 Å². The summed E-state index contributed by atoms with van der Waals surface area (Å²) in [7, 11) is 1.60. The van der Waals surface area contributed by atoms with Gasteiger partial charge in [0.25, 0.3) is 11.5 Å². The zero-order valence-electron chi connectivity index (χ0n) is 14.8. The largest absolute Gasteiger partial charge is 0.497 e. The highest BCUT2D eigenvalue weighted by atomic mass is 32.1. The first-order valence-corrected chi connectivity index (χ1v) is 9.52. The van der Waals surface area contributed by atoms with Gasteiger partial charge in [-0.3, -0.25) is 9.59 Å². The van der Waals surface area contributed by atoms with Crippen molar-refractivity contribution in [2.75, 3.05) is 25.1 Å². The van der Waals surface area contributed by atoms with Crippen LogP contribution in [0.2, 0.25) is 0 Å². The van der Waals surface area contributed by atoms with Crippen LogP contribution in [-0.2, 0) is 6.54 Å². The van der Waals surface area contributed by atoms with Crippen molar-refractivity contribution in [1.29, 1.82) is 0 Å². The average molecular weight is 385 g/mol. The normalized spacial score (nSPS) is 13.9. The van der Waals surface area contributed by atoms with E-state index in [2.05, 4.69) is 20.3 Å². The zero-order chi connectivity index (χ0) is 18.8. The van der Waals surface area contributed by atoms with Crippen LogP contribution in [0.25, 0.3) is 4.96 Å². The average Bonchev–Trinajstić information content (AvgIpc) is 3.36. The van der Waals surface area contributed by atoms with Gasteiger partial charge in [-0.15, -0.1) is 5.10 Å². The fourth-order valence-corrected chi connectivity index (χ4v) is 3.90. The molecule has 1 saturated heterocycles. The molecule has 1 amide bonds. The quantitative estimate of drug-likeness (QED) is 0.719. The number of ether oxygens (including phenoxy) is 1. The number of rotatable bonds is 5. The maximum Gasteiger partial charge on any atom is 0.288 e. The van der Waals surface area contributed by atoms with E-state index in [9.17, 15) is 9.59 Å². The predicted molar refractivity (Wildman–Crippen MR) is 103 cm³/mol. The molecule has 27 heavy (non-hydrogen) atoms. The molecule has 0 atom stereocenters. The van der Waals surface area contributed by atoms with Gasteiger partial charge in [0.15, 0.2) is 0 Å². The number of hydrogen-bond acceptors (Lipinski definition) is 7. The molecule has 9 heteroatoms. The van der Waals surface area contributed by atoms with E-state index in [-0.39, 0.29) is 5.56 Å². The van der Waals surface area contributed by atoms with E-state index >= 15 is 0 Å². The van der Waals surface area contributed by atoms with Crippen LogP contribution < -0.4 is 20.5 Å². The highest BCUT2D eigenvalue weighted by molar-refractivity contribution is 7.20. The second-order valence-electron chi connectivity index (χ2n) is 6.28. The van der Waals surface area contributed by atoms with E-state index in [1.54, 1.807) is 7.11 Å². The Kier molecular flexibility index (Phi) is 4.76. The summed E-state index contributed by atoms with van der Waals surface area (Å²) in [5, 5.41) is 7.89. The molecule has 0 spiro atoms. The second kappa shape index (κ2) is 7.36. The Morgan fingerprint density at radius 3 is 2.70 bits per heavy atom. The fourth-order valence-electron chi connectivity index (χ4n) is 2.99. The Morgan fingerprint density at radius 1 is 1.26 bits per heavy atom. The molecular weight excluding hydrogens is 366 g/mol. The smallest absolute Gasteiger partial charge is 0.288 e. The number of anilines is 1. The zero-order valence-corrected chi connectivity index (χ0v) is 15.7. The lowest BCUT2D eigenvalue weighted by atomic mass is 10.2. The molecule has 0 unspecified atom stereocenters. The first-order valence-electron chi connectivity index (χ1n) is 8.70. The van der Waals surface area contributed by atoms with Gasteiger partial charge in [0, 0.05) is 25.8 Å². The number of aromatic nitrogens is 3. The summed E-state index contributed by atoms with van der Waals surface area (Å²) in [6, 6.07) is 7.35. The van der Waals surface area contributed by atoms with Crippen LogP contribution in [-0.4, -0.2) is 40.7 Å². The monoisotopic (exact) mass is 385 g/mol. The number of nitrogens with one attached hydrogen (secondary N) is 1. The van der Waals surface area contributed by atoms with E-state index in [1.807, 2.05) is 24.3 Å². The van der Waals surface area contributed by atoms with Crippen molar-refractivity contribution in [2.45, 2.75) is 19.4 Å². The van der Waals surface area contributed by atoms with Gasteiger partial charge >= 0.3 is 0 Å². The van der Waals surface area contributed by atoms with Crippen LogP contribution in [0.5, 0.6) is 5.75 Å². The molecule has 2 aromatic heterocycles. The number of methoxy groups -OCH3 is 1. The molecule has 0 bridgehead atoms. The SMILES string of the molecule is COc1ccc(CNC(=O)c2cnc3sc(N4CCCC4)nn3c2=O)cc1. The summed E-state index contributed by atoms with van der Waals surface area (Å²) in [6.45, 7) is 2.18. The minimum Gasteiger partial charge on any atom is -0.497 e. The highest BCUT2D eigenvalue weighted by Crippen LogP contribution is 2.24. The van der Waals surface area contributed by atoms with Gasteiger partial charge in [-0.05, 0) is 30.5 Å². The second-order valence-corrected chi connectivity index (χ2v) is 7.22. The van der Waals surface area contributed by atoms with E-state index in [1.165, 1.54) is 22.0 Å². The Labute approximate surface area is 159 Å². The van der Waals surface area contributed by atoms with Gasteiger partial charge in [-0.1, -0.05) is 23.5 Å². The number of carbonyl (C=O) groups excluding carboxylic acids is 1. The third-order valence-corrected chi connectivity index (χ3v) is 5.49. The number of hydrogen-bond donors (Lipinski definition) is 1. The third kappa shape index (κ3) is 3.50. The van der Waals surface area contributed by atoms with Crippen molar-refractivity contribution in [1.82, 2.24) is 19.9 Å². The third-order valence-electron chi connectivity index (χ3n) is 4.51. The molecule has 140 valence electrons. The van der Waals surface area contributed by atoms with Gasteiger partial charge in [0.2, 0.25) is 10.1 Å². The number of benzene rings is 1. The lowest BCUT2D eigenvalue weighted by molar-refractivity contribution is 0.0948. The van der Waals surface area contributed by atoms with E-state index < -0.39 is 11.5 Å². The Morgan fingerprint density at radius 2 is 2.00 bits per heavy atom. The number of carbonyl (C=O) groups is 1. The number of fused-ring (bicyclic) bond motifs is 1. The number of nitrogens with zero attached hydrogens (tertiary/aromatic N) is 4. The van der Waals surface area contributed by atoms with Crippen molar-refractivity contribution < 1.29 is 9.53 Å². The van der Waals surface area contributed by atoms with Crippen LogP contribution in [0.1, 0.15) is 28.8 Å². The van der Waals surface area contributed by atoms with Gasteiger partial charge in [-0.2, -0.15) is 4.52 Å². The summed E-state index contributed by atoms with van der Waals surface area (Å²) >= 11 is 1.37. The molecule has 1 aliphatic heterocycles. The Hall–Kier alpha value is -2.94. The summed E-state index contributed by atoms with van der Waals surface area (Å²) in [4.78, 5) is 32.0. The fraction of sp³-hybridized carbons (Fsp3) is 0.333. The summed E-state index contributed by atoms with van der Waals surface area (Å²) < 4.78 is 6.33. The van der Waals surface area contributed by atoms with E-state index in [0.29, 0.717) is 11.5 Å². The molecule has 0 aliphatic carbocycles. The van der Waals surface area contributed by atoms with Crippen molar-refractivity contribution in [3.63, 3.8) is 0 Å². The van der Waals surface area contributed by atoms with E-state index in [0.717, 1.165) is 42.4 Å². The number of amides is 1. The molecule has 8 nitrogen and oxygen atoms in total. The molecule has 1 aromatic carbocycles. The lowest BCUT2D eigenvalue weighted by Crippen LogP contribution is -2.31. The molecule has 3 heterocycles. The molecule has 1 N–H and O–H groups in total. The van der Waals surface area contributed by atoms with Crippen molar-refractivity contribution in [3.8, 4) is 5.75 Å². The van der Waals surface area contributed by atoms with Crippen LogP contribution >= 0.6 is 11.3 Å².